The smallest absolute Gasteiger partial charge is 0.223 e. The Labute approximate surface area is 125 Å². The van der Waals surface area contributed by atoms with Gasteiger partial charge in [-0.1, -0.05) is 0 Å². The van der Waals surface area contributed by atoms with Gasteiger partial charge in [-0.15, -0.1) is 0 Å². The quantitative estimate of drug-likeness (QED) is 0.854. The summed E-state index contributed by atoms with van der Waals surface area (Å²) in [5.41, 5.74) is 0. The highest BCUT2D eigenvalue weighted by Crippen LogP contribution is 2.18. The maximum atomic E-state index is 12.3. The number of hydrogen-bond acceptors (Lipinski definition) is 4. The predicted octanol–water partition coefficient (Wildman–Crippen LogP) is 1.14. The second kappa shape index (κ2) is 7.09. The summed E-state index contributed by atoms with van der Waals surface area (Å²) >= 11 is 0. The summed E-state index contributed by atoms with van der Waals surface area (Å²) in [4.78, 5) is 14.1. The Morgan fingerprint density at radius 3 is 2.95 bits per heavy atom. The van der Waals surface area contributed by atoms with Crippen LogP contribution in [0.2, 0.25) is 0 Å². The van der Waals surface area contributed by atoms with Gasteiger partial charge in [0.1, 0.15) is 5.76 Å². The van der Waals surface area contributed by atoms with E-state index in [-0.39, 0.29) is 11.9 Å². The summed E-state index contributed by atoms with van der Waals surface area (Å²) in [6, 6.07) is 3.61. The van der Waals surface area contributed by atoms with Gasteiger partial charge >= 0.3 is 0 Å². The van der Waals surface area contributed by atoms with Crippen LogP contribution in [0.3, 0.4) is 0 Å². The Hall–Kier alpha value is -1.34. The van der Waals surface area contributed by atoms with Crippen LogP contribution >= 0.6 is 0 Å². The van der Waals surface area contributed by atoms with Crippen molar-refractivity contribution >= 4 is 15.9 Å². The number of piperidine rings is 1. The number of nitrogens with zero attached hydrogens (tertiary/aromatic N) is 1. The SMILES string of the molecule is CS(=O)(=O)NC[C@H]1CCCCN1C(=O)CCc1ccco1. The monoisotopic (exact) mass is 314 g/mol. The molecule has 1 N–H and O–H groups in total. The predicted molar refractivity (Wildman–Crippen MR) is 79.2 cm³/mol. The van der Waals surface area contributed by atoms with Crippen LogP contribution in [0.1, 0.15) is 31.4 Å². The van der Waals surface area contributed by atoms with Gasteiger partial charge in [0.2, 0.25) is 15.9 Å². The molecule has 0 spiro atoms. The van der Waals surface area contributed by atoms with E-state index in [4.69, 9.17) is 4.42 Å². The third-order valence-corrected chi connectivity index (χ3v) is 4.39. The van der Waals surface area contributed by atoms with Crippen molar-refractivity contribution in [1.29, 1.82) is 0 Å². The van der Waals surface area contributed by atoms with Gasteiger partial charge in [-0.25, -0.2) is 13.1 Å². The third kappa shape index (κ3) is 5.17. The lowest BCUT2D eigenvalue weighted by atomic mass is 10.0. The van der Waals surface area contributed by atoms with Crippen molar-refractivity contribution in [2.75, 3.05) is 19.3 Å². The highest BCUT2D eigenvalue weighted by Gasteiger charge is 2.27. The molecule has 1 aliphatic heterocycles. The second-order valence-electron chi connectivity index (χ2n) is 5.44. The number of furan rings is 1. The molecule has 0 aliphatic carbocycles. The van der Waals surface area contributed by atoms with Gasteiger partial charge < -0.3 is 9.32 Å². The van der Waals surface area contributed by atoms with Crippen molar-refractivity contribution in [3.05, 3.63) is 24.2 Å². The van der Waals surface area contributed by atoms with E-state index in [2.05, 4.69) is 4.72 Å². The van der Waals surface area contributed by atoms with E-state index in [1.165, 1.54) is 0 Å². The lowest BCUT2D eigenvalue weighted by Crippen LogP contribution is -2.49. The summed E-state index contributed by atoms with van der Waals surface area (Å²) in [6.07, 6.45) is 6.55. The Morgan fingerprint density at radius 2 is 2.29 bits per heavy atom. The van der Waals surface area contributed by atoms with E-state index in [1.807, 2.05) is 11.0 Å². The minimum absolute atomic E-state index is 0.0439. The molecular formula is C14H22N2O4S. The van der Waals surface area contributed by atoms with Crippen molar-refractivity contribution < 1.29 is 17.6 Å². The number of amides is 1. The topological polar surface area (TPSA) is 79.6 Å². The standard InChI is InChI=1S/C14H22N2O4S/c1-21(18,19)15-11-12-5-2-3-9-16(12)14(17)8-7-13-6-4-10-20-13/h4,6,10,12,15H,2-3,5,7-9,11H2,1H3/t12-/m1/s1. The molecule has 0 bridgehead atoms. The van der Waals surface area contributed by atoms with Crippen molar-refractivity contribution in [2.45, 2.75) is 38.1 Å². The molecule has 1 saturated heterocycles. The van der Waals surface area contributed by atoms with Crippen LogP contribution in [0.15, 0.2) is 22.8 Å². The minimum Gasteiger partial charge on any atom is -0.469 e. The fourth-order valence-electron chi connectivity index (χ4n) is 2.62. The van der Waals surface area contributed by atoms with Gasteiger partial charge in [0.15, 0.2) is 0 Å². The minimum atomic E-state index is -3.22. The average Bonchev–Trinajstić information content (AvgIpc) is 2.95. The highest BCUT2D eigenvalue weighted by atomic mass is 32.2. The first-order valence-electron chi connectivity index (χ1n) is 7.22. The Morgan fingerprint density at radius 1 is 1.48 bits per heavy atom. The maximum Gasteiger partial charge on any atom is 0.223 e. The fraction of sp³-hybridized carbons (Fsp3) is 0.643. The highest BCUT2D eigenvalue weighted by molar-refractivity contribution is 7.88. The number of aryl methyl sites for hydroxylation is 1. The zero-order valence-electron chi connectivity index (χ0n) is 12.2. The molecule has 2 rings (SSSR count). The summed E-state index contributed by atoms with van der Waals surface area (Å²) in [7, 11) is -3.22. The van der Waals surface area contributed by atoms with Gasteiger partial charge in [-0.3, -0.25) is 4.79 Å². The van der Waals surface area contributed by atoms with E-state index in [1.54, 1.807) is 12.3 Å². The van der Waals surface area contributed by atoms with Crippen LogP contribution in [0.4, 0.5) is 0 Å². The summed E-state index contributed by atoms with van der Waals surface area (Å²) in [5.74, 6) is 0.859. The number of rotatable bonds is 6. The number of carbonyl (C=O) groups is 1. The lowest BCUT2D eigenvalue weighted by molar-refractivity contribution is -0.134. The lowest BCUT2D eigenvalue weighted by Gasteiger charge is -2.35. The van der Waals surface area contributed by atoms with Crippen LogP contribution in [-0.4, -0.2) is 44.6 Å². The van der Waals surface area contributed by atoms with Crippen LogP contribution in [0.25, 0.3) is 0 Å². The Bertz CT molecular complexity index is 554. The molecule has 0 radical (unpaired) electrons. The maximum absolute atomic E-state index is 12.3. The van der Waals surface area contributed by atoms with Crippen molar-refractivity contribution in [2.24, 2.45) is 0 Å². The summed E-state index contributed by atoms with van der Waals surface area (Å²) in [6.45, 7) is 0.998. The molecule has 118 valence electrons. The molecule has 1 aromatic rings. The van der Waals surface area contributed by atoms with Gasteiger partial charge in [0.05, 0.1) is 12.5 Å². The Balaban J connectivity index is 1.89. The van der Waals surface area contributed by atoms with E-state index >= 15 is 0 Å². The third-order valence-electron chi connectivity index (χ3n) is 3.69. The molecule has 1 aromatic heterocycles. The van der Waals surface area contributed by atoms with Crippen LogP contribution in [0.5, 0.6) is 0 Å². The Kier molecular flexibility index (Phi) is 5.41. The van der Waals surface area contributed by atoms with E-state index < -0.39 is 10.0 Å². The van der Waals surface area contributed by atoms with Crippen molar-refractivity contribution in [1.82, 2.24) is 9.62 Å². The van der Waals surface area contributed by atoms with Gasteiger partial charge in [-0.2, -0.15) is 0 Å². The van der Waals surface area contributed by atoms with E-state index in [9.17, 15) is 13.2 Å². The second-order valence-corrected chi connectivity index (χ2v) is 7.27. The van der Waals surface area contributed by atoms with Gasteiger partial charge in [0.25, 0.3) is 0 Å². The molecule has 1 atom stereocenters. The molecule has 1 aliphatic rings. The van der Waals surface area contributed by atoms with E-state index in [0.717, 1.165) is 31.3 Å². The summed E-state index contributed by atoms with van der Waals surface area (Å²) in [5, 5.41) is 0. The number of carbonyl (C=O) groups excluding carboxylic acids is 1. The first-order valence-corrected chi connectivity index (χ1v) is 9.11. The molecular weight excluding hydrogens is 292 g/mol. The van der Waals surface area contributed by atoms with Crippen LogP contribution < -0.4 is 4.72 Å². The number of nitrogens with one attached hydrogen (secondary N) is 1. The molecule has 21 heavy (non-hydrogen) atoms. The van der Waals surface area contributed by atoms with Crippen LogP contribution in [-0.2, 0) is 21.2 Å². The molecule has 2 heterocycles. The first-order chi connectivity index (χ1) is 9.96. The van der Waals surface area contributed by atoms with Crippen molar-refractivity contribution in [3.63, 3.8) is 0 Å². The number of sulfonamides is 1. The molecule has 1 fully saturated rings. The molecule has 7 heteroatoms. The summed E-state index contributed by atoms with van der Waals surface area (Å²) < 4.78 is 30.1. The number of likely N-dealkylation sites (tertiary alicyclic amines) is 1. The zero-order valence-corrected chi connectivity index (χ0v) is 13.1. The first kappa shape index (κ1) is 16.0. The number of hydrogen-bond donors (Lipinski definition) is 1. The van der Waals surface area contributed by atoms with Gasteiger partial charge in [0, 0.05) is 32.0 Å². The zero-order chi connectivity index (χ0) is 15.3. The molecule has 6 nitrogen and oxygen atoms in total. The van der Waals surface area contributed by atoms with Crippen LogP contribution in [0, 0.1) is 0 Å². The molecule has 0 saturated carbocycles. The molecule has 0 aromatic carbocycles. The normalized spacial score (nSPS) is 19.7. The fourth-order valence-corrected chi connectivity index (χ4v) is 3.11. The van der Waals surface area contributed by atoms with Crippen molar-refractivity contribution in [3.8, 4) is 0 Å². The van der Waals surface area contributed by atoms with E-state index in [0.29, 0.717) is 25.9 Å². The largest absolute Gasteiger partial charge is 0.469 e. The average molecular weight is 314 g/mol. The molecule has 0 unspecified atom stereocenters. The van der Waals surface area contributed by atoms with Gasteiger partial charge in [-0.05, 0) is 31.4 Å². The molecule has 1 amide bonds.